The highest BCUT2D eigenvalue weighted by molar-refractivity contribution is 5.76. The van der Waals surface area contributed by atoms with Crippen LogP contribution in [0.2, 0.25) is 0 Å². The van der Waals surface area contributed by atoms with Crippen LogP contribution in [0, 0.1) is 0 Å². The molecule has 1 atom stereocenters. The number of amides is 1. The maximum absolute atomic E-state index is 12.4. The first-order chi connectivity index (χ1) is 10.8. The van der Waals surface area contributed by atoms with E-state index in [0.717, 1.165) is 44.5 Å². The quantitative estimate of drug-likeness (QED) is 0.852. The predicted octanol–water partition coefficient (Wildman–Crippen LogP) is 2.46. The van der Waals surface area contributed by atoms with Crippen molar-refractivity contribution in [1.82, 2.24) is 19.7 Å². The third-order valence-corrected chi connectivity index (χ3v) is 4.20. The lowest BCUT2D eigenvalue weighted by Crippen LogP contribution is -2.40. The van der Waals surface area contributed by atoms with Crippen LogP contribution in [0.3, 0.4) is 0 Å². The molecule has 1 saturated heterocycles. The van der Waals surface area contributed by atoms with Gasteiger partial charge in [0, 0.05) is 43.8 Å². The van der Waals surface area contributed by atoms with Crippen molar-refractivity contribution in [3.05, 3.63) is 48.5 Å². The van der Waals surface area contributed by atoms with Crippen molar-refractivity contribution < 1.29 is 4.79 Å². The Morgan fingerprint density at radius 2 is 2.23 bits per heavy atom. The lowest BCUT2D eigenvalue weighted by atomic mass is 10.0. The Morgan fingerprint density at radius 1 is 1.27 bits per heavy atom. The molecule has 3 rings (SSSR count). The second-order valence-corrected chi connectivity index (χ2v) is 5.80. The Hall–Kier alpha value is -2.17. The highest BCUT2D eigenvalue weighted by Gasteiger charge is 2.24. The second-order valence-electron chi connectivity index (χ2n) is 5.80. The first-order valence-electron chi connectivity index (χ1n) is 8.00. The average Bonchev–Trinajstić information content (AvgIpc) is 3.10. The summed E-state index contributed by atoms with van der Waals surface area (Å²) in [6.45, 7) is 1.66. The van der Waals surface area contributed by atoms with E-state index in [4.69, 9.17) is 0 Å². The van der Waals surface area contributed by atoms with Crippen LogP contribution in [0.5, 0.6) is 0 Å². The zero-order chi connectivity index (χ0) is 15.2. The summed E-state index contributed by atoms with van der Waals surface area (Å²) in [4.78, 5) is 18.7. The predicted molar refractivity (Wildman–Crippen MR) is 84.3 cm³/mol. The van der Waals surface area contributed by atoms with Gasteiger partial charge in [-0.15, -0.1) is 0 Å². The molecule has 0 bridgehead atoms. The molecule has 1 aliphatic rings. The summed E-state index contributed by atoms with van der Waals surface area (Å²) in [6, 6.07) is 8.18. The molecule has 0 aromatic carbocycles. The van der Waals surface area contributed by atoms with Gasteiger partial charge in [0.2, 0.25) is 5.91 Å². The van der Waals surface area contributed by atoms with Crippen LogP contribution in [0.15, 0.2) is 42.9 Å². The van der Waals surface area contributed by atoms with Gasteiger partial charge in [0.05, 0.1) is 6.04 Å². The van der Waals surface area contributed by atoms with Crippen molar-refractivity contribution in [2.24, 2.45) is 0 Å². The Kier molecular flexibility index (Phi) is 4.83. The molecule has 3 heterocycles. The van der Waals surface area contributed by atoms with Gasteiger partial charge in [-0.25, -0.2) is 0 Å². The molecule has 5 nitrogen and oxygen atoms in total. The van der Waals surface area contributed by atoms with E-state index in [2.05, 4.69) is 10.1 Å². The molecule has 0 radical (unpaired) electrons. The normalized spacial score (nSPS) is 18.4. The van der Waals surface area contributed by atoms with Gasteiger partial charge >= 0.3 is 0 Å². The molecule has 0 aliphatic carbocycles. The summed E-state index contributed by atoms with van der Waals surface area (Å²) in [5.74, 6) is 0.257. The van der Waals surface area contributed by atoms with Crippen molar-refractivity contribution in [3.63, 3.8) is 0 Å². The molecule has 0 N–H and O–H groups in total. The number of piperidine rings is 1. The first kappa shape index (κ1) is 14.8. The summed E-state index contributed by atoms with van der Waals surface area (Å²) in [5.41, 5.74) is 1.06. The summed E-state index contributed by atoms with van der Waals surface area (Å²) in [7, 11) is 0. The molecule has 1 aliphatic heterocycles. The SMILES string of the molecule is O=C(CCCc1ccccn1)N1CCC[C@H](n2cccn2)C1. The number of aromatic nitrogens is 3. The van der Waals surface area contributed by atoms with Gasteiger partial charge in [0.1, 0.15) is 0 Å². The van der Waals surface area contributed by atoms with Crippen LogP contribution in [0.1, 0.15) is 37.4 Å². The van der Waals surface area contributed by atoms with Gasteiger partial charge in [0.25, 0.3) is 0 Å². The van der Waals surface area contributed by atoms with Gasteiger partial charge in [-0.3, -0.25) is 14.5 Å². The molecule has 22 heavy (non-hydrogen) atoms. The Morgan fingerprint density at radius 3 is 3.00 bits per heavy atom. The minimum atomic E-state index is 0.257. The van der Waals surface area contributed by atoms with E-state index in [9.17, 15) is 4.79 Å². The molecule has 116 valence electrons. The molecular weight excluding hydrogens is 276 g/mol. The van der Waals surface area contributed by atoms with E-state index in [-0.39, 0.29) is 5.91 Å². The van der Waals surface area contributed by atoms with Gasteiger partial charge in [0.15, 0.2) is 0 Å². The maximum Gasteiger partial charge on any atom is 0.222 e. The zero-order valence-electron chi connectivity index (χ0n) is 12.8. The van der Waals surface area contributed by atoms with E-state index in [1.807, 2.05) is 40.0 Å². The largest absolute Gasteiger partial charge is 0.341 e. The molecule has 0 spiro atoms. The monoisotopic (exact) mass is 298 g/mol. The van der Waals surface area contributed by atoms with Gasteiger partial charge < -0.3 is 4.90 Å². The molecule has 2 aromatic rings. The highest BCUT2D eigenvalue weighted by atomic mass is 16.2. The van der Waals surface area contributed by atoms with E-state index < -0.39 is 0 Å². The Bertz CT molecular complexity index is 582. The van der Waals surface area contributed by atoms with Crippen LogP contribution < -0.4 is 0 Å². The summed E-state index contributed by atoms with van der Waals surface area (Å²) in [6.07, 6.45) is 10.1. The third kappa shape index (κ3) is 3.72. The van der Waals surface area contributed by atoms with Crippen molar-refractivity contribution in [2.45, 2.75) is 38.1 Å². The van der Waals surface area contributed by atoms with Gasteiger partial charge in [-0.1, -0.05) is 6.07 Å². The van der Waals surface area contributed by atoms with Crippen molar-refractivity contribution in [1.29, 1.82) is 0 Å². The maximum atomic E-state index is 12.4. The summed E-state index contributed by atoms with van der Waals surface area (Å²) in [5, 5.41) is 4.31. The summed E-state index contributed by atoms with van der Waals surface area (Å²) >= 11 is 0. The number of aryl methyl sites for hydroxylation is 1. The highest BCUT2D eigenvalue weighted by Crippen LogP contribution is 2.21. The van der Waals surface area contributed by atoms with Crippen LogP contribution in [0.25, 0.3) is 0 Å². The second kappa shape index (κ2) is 7.20. The smallest absolute Gasteiger partial charge is 0.222 e. The Balaban J connectivity index is 1.47. The lowest BCUT2D eigenvalue weighted by Gasteiger charge is -2.33. The van der Waals surface area contributed by atoms with E-state index in [1.165, 1.54) is 0 Å². The van der Waals surface area contributed by atoms with Crippen LogP contribution in [-0.4, -0.2) is 38.7 Å². The van der Waals surface area contributed by atoms with E-state index in [0.29, 0.717) is 12.5 Å². The van der Waals surface area contributed by atoms with E-state index >= 15 is 0 Å². The number of likely N-dealkylation sites (tertiary alicyclic amines) is 1. The molecule has 1 amide bonds. The zero-order valence-corrected chi connectivity index (χ0v) is 12.8. The Labute approximate surface area is 131 Å². The fraction of sp³-hybridized carbons (Fsp3) is 0.471. The van der Waals surface area contributed by atoms with E-state index in [1.54, 1.807) is 12.4 Å². The minimum absolute atomic E-state index is 0.257. The fourth-order valence-electron chi connectivity index (χ4n) is 3.02. The minimum Gasteiger partial charge on any atom is -0.341 e. The molecule has 0 unspecified atom stereocenters. The first-order valence-corrected chi connectivity index (χ1v) is 8.00. The number of nitrogens with zero attached hydrogens (tertiary/aromatic N) is 4. The van der Waals surface area contributed by atoms with Crippen molar-refractivity contribution in [3.8, 4) is 0 Å². The molecular formula is C17H22N4O. The molecule has 1 fully saturated rings. The number of rotatable bonds is 5. The fourth-order valence-corrected chi connectivity index (χ4v) is 3.02. The number of carbonyl (C=O) groups is 1. The molecule has 5 heteroatoms. The van der Waals surface area contributed by atoms with Crippen LogP contribution >= 0.6 is 0 Å². The van der Waals surface area contributed by atoms with Crippen LogP contribution in [0.4, 0.5) is 0 Å². The molecule has 2 aromatic heterocycles. The number of hydrogen-bond donors (Lipinski definition) is 0. The standard InChI is InChI=1S/C17H22N4O/c22-17(9-3-7-15-6-1-2-10-18-15)20-12-4-8-16(14-20)21-13-5-11-19-21/h1-2,5-6,10-11,13,16H,3-4,7-9,12,14H2/t16-/m0/s1. The van der Waals surface area contributed by atoms with Gasteiger partial charge in [-0.2, -0.15) is 5.10 Å². The lowest BCUT2D eigenvalue weighted by molar-refractivity contribution is -0.133. The summed E-state index contributed by atoms with van der Waals surface area (Å²) < 4.78 is 1.98. The van der Waals surface area contributed by atoms with Gasteiger partial charge in [-0.05, 0) is 43.9 Å². The van der Waals surface area contributed by atoms with Crippen LogP contribution in [-0.2, 0) is 11.2 Å². The van der Waals surface area contributed by atoms with Crippen molar-refractivity contribution in [2.75, 3.05) is 13.1 Å². The number of pyridine rings is 1. The number of hydrogen-bond acceptors (Lipinski definition) is 3. The number of carbonyl (C=O) groups excluding carboxylic acids is 1. The topological polar surface area (TPSA) is 51.0 Å². The molecule has 0 saturated carbocycles. The third-order valence-electron chi connectivity index (χ3n) is 4.20. The average molecular weight is 298 g/mol. The van der Waals surface area contributed by atoms with Crippen molar-refractivity contribution >= 4 is 5.91 Å².